The van der Waals surface area contributed by atoms with Crippen molar-refractivity contribution >= 4 is 6.29 Å². The molecule has 5 heavy (non-hydrogen) atoms. The zero-order valence-electron chi connectivity index (χ0n) is 3.19. The Morgan fingerprint density at radius 2 is 2.00 bits per heavy atom. The van der Waals surface area contributed by atoms with Crippen molar-refractivity contribution in [1.29, 1.82) is 0 Å². The van der Waals surface area contributed by atoms with Crippen LogP contribution in [0, 0.1) is 41.7 Å². The maximum absolute atomic E-state index is 9.17. The summed E-state index contributed by atoms with van der Waals surface area (Å²) < 4.78 is 0. The molecule has 0 aliphatic rings. The second kappa shape index (κ2) is 8.90. The second-order valence-corrected chi connectivity index (χ2v) is 0.575. The second-order valence-electron chi connectivity index (χ2n) is 0.575. The van der Waals surface area contributed by atoms with E-state index in [1.54, 1.807) is 0 Å². The van der Waals surface area contributed by atoms with Gasteiger partial charge >= 0.3 is 0 Å². The molecule has 0 rings (SSSR count). The van der Waals surface area contributed by atoms with Crippen molar-refractivity contribution in [1.82, 2.24) is 0 Å². The van der Waals surface area contributed by atoms with Gasteiger partial charge in [-0.2, -0.15) is 0 Å². The summed E-state index contributed by atoms with van der Waals surface area (Å²) in [6.07, 6.45) is 1.51. The van der Waals surface area contributed by atoms with Crippen molar-refractivity contribution in [3.63, 3.8) is 0 Å². The third-order valence-electron chi connectivity index (χ3n) is 0.167. The van der Waals surface area contributed by atoms with Gasteiger partial charge in [-0.15, -0.1) is 0 Å². The van der Waals surface area contributed by atoms with Gasteiger partial charge in [0.15, 0.2) is 0 Å². The maximum atomic E-state index is 9.17. The molecule has 1 nitrogen and oxygen atoms in total. The molecule has 0 amide bonds. The Balaban J connectivity index is 0. The molecule has 0 N–H and O–H groups in total. The predicted octanol–water partition coefficient (Wildman–Crippen LogP) is 0.595. The van der Waals surface area contributed by atoms with E-state index >= 15 is 0 Å². The first kappa shape index (κ1) is 9.40. The summed E-state index contributed by atoms with van der Waals surface area (Å²) in [5.41, 5.74) is 0. The molecule has 0 radical (unpaired) electrons. The van der Waals surface area contributed by atoms with E-state index in [-0.39, 0.29) is 41.7 Å². The standard InChI is InChI=1S/C3H6O.Ce/c1-2-3-4;/h3H,2H2,1H3;. The molecular weight excluding hydrogens is 192 g/mol. The van der Waals surface area contributed by atoms with Crippen LogP contribution in [-0.2, 0) is 4.79 Å². The maximum Gasteiger partial charge on any atom is 0.119 e. The van der Waals surface area contributed by atoms with Crippen molar-refractivity contribution < 1.29 is 46.5 Å². The summed E-state index contributed by atoms with van der Waals surface area (Å²) in [4.78, 5) is 9.17. The monoisotopic (exact) mass is 198 g/mol. The number of hydrogen-bond donors (Lipinski definition) is 0. The Morgan fingerprint density at radius 1 is 1.80 bits per heavy atom. The van der Waals surface area contributed by atoms with Gasteiger partial charge in [-0.1, -0.05) is 6.92 Å². The van der Waals surface area contributed by atoms with Crippen LogP contribution in [0.15, 0.2) is 0 Å². The quantitative estimate of drug-likeness (QED) is 0.564. The van der Waals surface area contributed by atoms with E-state index in [1.807, 2.05) is 6.92 Å². The molecule has 0 aliphatic carbocycles. The molecule has 0 spiro atoms. The van der Waals surface area contributed by atoms with Gasteiger partial charge in [0.25, 0.3) is 0 Å². The fraction of sp³-hybridized carbons (Fsp3) is 0.667. The van der Waals surface area contributed by atoms with Crippen LogP contribution in [0.25, 0.3) is 0 Å². The summed E-state index contributed by atoms with van der Waals surface area (Å²) >= 11 is 0. The first-order valence-corrected chi connectivity index (χ1v) is 1.35. The van der Waals surface area contributed by atoms with Crippen molar-refractivity contribution in [2.75, 3.05) is 0 Å². The van der Waals surface area contributed by atoms with E-state index in [4.69, 9.17) is 0 Å². The van der Waals surface area contributed by atoms with Crippen LogP contribution in [0.1, 0.15) is 13.3 Å². The van der Waals surface area contributed by atoms with Gasteiger partial charge < -0.3 is 4.79 Å². The number of carbonyl (C=O) groups excluding carboxylic acids is 1. The van der Waals surface area contributed by atoms with Crippen molar-refractivity contribution in [3.05, 3.63) is 0 Å². The van der Waals surface area contributed by atoms with Crippen LogP contribution in [0.2, 0.25) is 0 Å². The summed E-state index contributed by atoms with van der Waals surface area (Å²) in [6.45, 7) is 1.81. The zero-order chi connectivity index (χ0) is 3.41. The first-order valence-electron chi connectivity index (χ1n) is 1.35. The molecule has 0 aromatic carbocycles. The Morgan fingerprint density at radius 3 is 2.00 bits per heavy atom. The van der Waals surface area contributed by atoms with Crippen molar-refractivity contribution in [2.45, 2.75) is 13.3 Å². The molecule has 0 unspecified atom stereocenters. The van der Waals surface area contributed by atoms with Crippen LogP contribution >= 0.6 is 0 Å². The molecule has 0 saturated carbocycles. The van der Waals surface area contributed by atoms with Gasteiger partial charge in [0.1, 0.15) is 6.29 Å². The van der Waals surface area contributed by atoms with Crippen LogP contribution in [0.5, 0.6) is 0 Å². The van der Waals surface area contributed by atoms with E-state index in [1.165, 1.54) is 0 Å². The van der Waals surface area contributed by atoms with Crippen LogP contribution in [-0.4, -0.2) is 6.29 Å². The average molecular weight is 198 g/mol. The van der Waals surface area contributed by atoms with Crippen molar-refractivity contribution in [3.8, 4) is 0 Å². The molecule has 28 valence electrons. The molecule has 0 aromatic heterocycles. The summed E-state index contributed by atoms with van der Waals surface area (Å²) in [5.74, 6) is 0. The Hall–Kier alpha value is 1.05. The Bertz CT molecular complexity index is 20.9. The molecule has 0 bridgehead atoms. The third-order valence-corrected chi connectivity index (χ3v) is 0.167. The van der Waals surface area contributed by atoms with Gasteiger partial charge in [-0.3, -0.25) is 0 Å². The molecule has 0 atom stereocenters. The minimum absolute atomic E-state index is 0. The normalized spacial score (nSPS) is 5.00. The average Bonchev–Trinajstić information content (AvgIpc) is 1.37. The van der Waals surface area contributed by atoms with Crippen LogP contribution in [0.3, 0.4) is 0 Å². The van der Waals surface area contributed by atoms with E-state index < -0.39 is 0 Å². The Kier molecular flexibility index (Phi) is 16.7. The molecular formula is C3H6CeO. The fourth-order valence-corrected chi connectivity index (χ4v) is 0. The third kappa shape index (κ3) is 11.2. The minimum atomic E-state index is 0. The molecule has 0 aromatic rings. The Labute approximate surface area is 65.5 Å². The number of hydrogen-bond acceptors (Lipinski definition) is 1. The number of carbonyl (C=O) groups is 1. The molecule has 0 heterocycles. The van der Waals surface area contributed by atoms with Gasteiger partial charge in [-0.25, -0.2) is 0 Å². The van der Waals surface area contributed by atoms with Gasteiger partial charge in [0.2, 0.25) is 0 Å². The fourth-order valence-electron chi connectivity index (χ4n) is 0. The smallest absolute Gasteiger partial charge is 0.119 e. The van der Waals surface area contributed by atoms with Crippen LogP contribution < -0.4 is 0 Å². The first-order chi connectivity index (χ1) is 1.91. The molecule has 0 aliphatic heterocycles. The van der Waals surface area contributed by atoms with Crippen LogP contribution in [0.4, 0.5) is 0 Å². The number of rotatable bonds is 1. The largest absolute Gasteiger partial charge is 0.303 e. The van der Waals surface area contributed by atoms with Gasteiger partial charge in [0.05, 0.1) is 0 Å². The van der Waals surface area contributed by atoms with Gasteiger partial charge in [0, 0.05) is 48.2 Å². The summed E-state index contributed by atoms with van der Waals surface area (Å²) in [5, 5.41) is 0. The summed E-state index contributed by atoms with van der Waals surface area (Å²) in [7, 11) is 0. The van der Waals surface area contributed by atoms with Gasteiger partial charge in [-0.05, 0) is 0 Å². The minimum Gasteiger partial charge on any atom is -0.303 e. The summed E-state index contributed by atoms with van der Waals surface area (Å²) in [6, 6.07) is 0. The van der Waals surface area contributed by atoms with Crippen molar-refractivity contribution in [2.24, 2.45) is 0 Å². The van der Waals surface area contributed by atoms with E-state index in [9.17, 15) is 4.79 Å². The SMILES string of the molecule is CCC=O.[Ce]. The van der Waals surface area contributed by atoms with E-state index in [0.29, 0.717) is 6.42 Å². The zero-order valence-corrected chi connectivity index (χ0v) is 6.33. The topological polar surface area (TPSA) is 17.1 Å². The molecule has 2 heteroatoms. The van der Waals surface area contributed by atoms with E-state index in [0.717, 1.165) is 6.29 Å². The van der Waals surface area contributed by atoms with E-state index in [2.05, 4.69) is 0 Å². The number of aldehydes is 1. The molecule has 0 fully saturated rings. The predicted molar refractivity (Wildman–Crippen MR) is 16.4 cm³/mol. The molecule has 0 saturated heterocycles.